The number of carbonyl (C=O) groups excluding carboxylic acids is 3. The van der Waals surface area contributed by atoms with Gasteiger partial charge in [-0.1, -0.05) is 0 Å². The molecule has 0 bridgehead atoms. The molecule has 1 N–H and O–H groups in total. The lowest BCUT2D eigenvalue weighted by Crippen LogP contribution is -2.46. The molecule has 6 nitrogen and oxygen atoms in total. The molecule has 1 aromatic rings. The average molecular weight is 371 g/mol. The van der Waals surface area contributed by atoms with Gasteiger partial charge in [0.2, 0.25) is 5.91 Å². The van der Waals surface area contributed by atoms with Gasteiger partial charge < -0.3 is 19.4 Å². The molecule has 0 atom stereocenters. The van der Waals surface area contributed by atoms with Gasteiger partial charge in [-0.2, -0.15) is 0 Å². The van der Waals surface area contributed by atoms with Crippen LogP contribution in [0, 0.1) is 0 Å². The van der Waals surface area contributed by atoms with Crippen molar-refractivity contribution in [1.29, 1.82) is 0 Å². The maximum Gasteiger partial charge on any atom is 0.287 e. The van der Waals surface area contributed by atoms with Crippen LogP contribution in [0.3, 0.4) is 0 Å². The summed E-state index contributed by atoms with van der Waals surface area (Å²) >= 11 is 3.16. The zero-order valence-corrected chi connectivity index (χ0v) is 14.0. The summed E-state index contributed by atoms with van der Waals surface area (Å²) in [6.07, 6.45) is 1.98. The third-order valence-corrected chi connectivity index (χ3v) is 4.10. The summed E-state index contributed by atoms with van der Waals surface area (Å²) in [6, 6.07) is 3.32. The molecule has 7 heteroatoms. The molecule has 1 fully saturated rings. The lowest BCUT2D eigenvalue weighted by molar-refractivity contribution is -0.133. The summed E-state index contributed by atoms with van der Waals surface area (Å²) in [6.45, 7) is 2.69. The van der Waals surface area contributed by atoms with Gasteiger partial charge in [0, 0.05) is 32.0 Å². The summed E-state index contributed by atoms with van der Waals surface area (Å²) < 4.78 is 5.73. The number of piperidine rings is 1. The quantitative estimate of drug-likeness (QED) is 0.860. The van der Waals surface area contributed by atoms with Gasteiger partial charge in [-0.15, -0.1) is 0 Å². The van der Waals surface area contributed by atoms with E-state index < -0.39 is 0 Å². The molecule has 1 aliphatic rings. The summed E-state index contributed by atoms with van der Waals surface area (Å²) in [4.78, 5) is 36.6. The molecule has 22 heavy (non-hydrogen) atoms. The molecule has 1 aromatic heterocycles. The molecule has 0 radical (unpaired) electrons. The number of likely N-dealkylation sites (tertiary alicyclic amines) is 1. The van der Waals surface area contributed by atoms with Crippen LogP contribution in [-0.4, -0.2) is 41.6 Å². The highest BCUT2D eigenvalue weighted by Crippen LogP contribution is 2.16. The second-order valence-electron chi connectivity index (χ2n) is 5.43. The minimum Gasteiger partial charge on any atom is -0.444 e. The number of nitrogens with one attached hydrogen (secondary N) is 1. The van der Waals surface area contributed by atoms with Crippen molar-refractivity contribution in [2.24, 2.45) is 0 Å². The largest absolute Gasteiger partial charge is 0.444 e. The number of nitrogens with zero attached hydrogens (tertiary/aromatic N) is 1. The lowest BCUT2D eigenvalue weighted by Gasteiger charge is -2.32. The Kier molecular flexibility index (Phi) is 5.76. The molecular weight excluding hydrogens is 352 g/mol. The fourth-order valence-corrected chi connectivity index (χ4v) is 2.71. The molecule has 0 aliphatic carbocycles. The van der Waals surface area contributed by atoms with Crippen molar-refractivity contribution >= 4 is 33.5 Å². The second-order valence-corrected chi connectivity index (χ2v) is 6.22. The van der Waals surface area contributed by atoms with Crippen molar-refractivity contribution in [3.05, 3.63) is 22.6 Å². The maximum absolute atomic E-state index is 12.0. The first-order valence-corrected chi connectivity index (χ1v) is 8.08. The van der Waals surface area contributed by atoms with Gasteiger partial charge in [-0.05, 0) is 47.8 Å². The zero-order valence-electron chi connectivity index (χ0n) is 12.4. The normalized spacial score (nSPS) is 15.6. The van der Waals surface area contributed by atoms with Crippen molar-refractivity contribution in [2.75, 3.05) is 13.1 Å². The van der Waals surface area contributed by atoms with Crippen molar-refractivity contribution in [1.82, 2.24) is 10.2 Å². The first-order valence-electron chi connectivity index (χ1n) is 7.29. The standard InChI is InChI=1S/C15H19BrN2O4/c1-10(19)2-5-14(20)18-8-6-11(7-9-18)17-15(21)12-3-4-13(16)22-12/h3-4,11H,2,5-9H2,1H3,(H,17,21). The van der Waals surface area contributed by atoms with Gasteiger partial charge >= 0.3 is 0 Å². The van der Waals surface area contributed by atoms with E-state index in [1.165, 1.54) is 6.92 Å². The second kappa shape index (κ2) is 7.58. The highest BCUT2D eigenvalue weighted by atomic mass is 79.9. The number of hydrogen-bond donors (Lipinski definition) is 1. The van der Waals surface area contributed by atoms with E-state index in [1.807, 2.05) is 0 Å². The van der Waals surface area contributed by atoms with Crippen LogP contribution in [0.25, 0.3) is 0 Å². The molecule has 2 heterocycles. The highest BCUT2D eigenvalue weighted by molar-refractivity contribution is 9.10. The van der Waals surface area contributed by atoms with Crippen molar-refractivity contribution in [3.8, 4) is 0 Å². The van der Waals surface area contributed by atoms with Crippen LogP contribution in [0.4, 0.5) is 0 Å². The number of furan rings is 1. The van der Waals surface area contributed by atoms with Crippen molar-refractivity contribution in [2.45, 2.75) is 38.6 Å². The third kappa shape index (κ3) is 4.69. The summed E-state index contributed by atoms with van der Waals surface area (Å²) in [7, 11) is 0. The average Bonchev–Trinajstić information content (AvgIpc) is 2.92. The van der Waals surface area contributed by atoms with E-state index in [0.717, 1.165) is 0 Å². The first kappa shape index (κ1) is 16.7. The van der Waals surface area contributed by atoms with Gasteiger partial charge in [0.25, 0.3) is 5.91 Å². The van der Waals surface area contributed by atoms with Crippen LogP contribution < -0.4 is 5.32 Å². The minimum absolute atomic E-state index is 0.00921. The Morgan fingerprint density at radius 1 is 1.27 bits per heavy atom. The SMILES string of the molecule is CC(=O)CCC(=O)N1CCC(NC(=O)c2ccc(Br)o2)CC1. The predicted molar refractivity (Wildman–Crippen MR) is 83.4 cm³/mol. The van der Waals surface area contributed by atoms with Crippen LogP contribution in [0.15, 0.2) is 21.2 Å². The fourth-order valence-electron chi connectivity index (χ4n) is 2.41. The van der Waals surface area contributed by atoms with Crippen LogP contribution in [-0.2, 0) is 9.59 Å². The van der Waals surface area contributed by atoms with E-state index in [-0.39, 0.29) is 35.8 Å². The number of amides is 2. The summed E-state index contributed by atoms with van der Waals surface area (Å²) in [5.74, 6) is 0.0638. The molecule has 120 valence electrons. The van der Waals surface area contributed by atoms with Gasteiger partial charge in [-0.25, -0.2) is 0 Å². The smallest absolute Gasteiger partial charge is 0.287 e. The molecule has 0 aromatic carbocycles. The molecule has 1 saturated heterocycles. The number of Topliss-reactive ketones (excluding diaryl/α,β-unsaturated/α-hetero) is 1. The van der Waals surface area contributed by atoms with E-state index >= 15 is 0 Å². The number of hydrogen-bond acceptors (Lipinski definition) is 4. The van der Waals surface area contributed by atoms with Crippen molar-refractivity contribution in [3.63, 3.8) is 0 Å². The van der Waals surface area contributed by atoms with Crippen LogP contribution in [0.1, 0.15) is 43.2 Å². The van der Waals surface area contributed by atoms with E-state index in [9.17, 15) is 14.4 Å². The molecule has 2 amide bonds. The molecular formula is C15H19BrN2O4. The van der Waals surface area contributed by atoms with Gasteiger partial charge in [0.1, 0.15) is 5.78 Å². The topological polar surface area (TPSA) is 79.6 Å². The van der Waals surface area contributed by atoms with E-state index in [0.29, 0.717) is 37.0 Å². The van der Waals surface area contributed by atoms with E-state index in [1.54, 1.807) is 17.0 Å². The number of ketones is 1. The molecule has 0 saturated carbocycles. The van der Waals surface area contributed by atoms with E-state index in [2.05, 4.69) is 21.2 Å². The number of carbonyl (C=O) groups is 3. The van der Waals surface area contributed by atoms with Crippen molar-refractivity contribution < 1.29 is 18.8 Å². The molecule has 0 unspecified atom stereocenters. The Morgan fingerprint density at radius 3 is 2.50 bits per heavy atom. The molecule has 2 rings (SSSR count). The number of halogens is 1. The Labute approximate surface area is 137 Å². The maximum atomic E-state index is 12.0. The van der Waals surface area contributed by atoms with Crippen LogP contribution >= 0.6 is 15.9 Å². The van der Waals surface area contributed by atoms with Gasteiger partial charge in [-0.3, -0.25) is 9.59 Å². The first-order chi connectivity index (χ1) is 10.5. The van der Waals surface area contributed by atoms with E-state index in [4.69, 9.17) is 4.42 Å². The van der Waals surface area contributed by atoms with Crippen LogP contribution in [0.2, 0.25) is 0 Å². The molecule has 0 spiro atoms. The van der Waals surface area contributed by atoms with Crippen LogP contribution in [0.5, 0.6) is 0 Å². The fraction of sp³-hybridized carbons (Fsp3) is 0.533. The predicted octanol–water partition coefficient (Wildman–Crippen LogP) is 2.13. The minimum atomic E-state index is -0.243. The lowest BCUT2D eigenvalue weighted by atomic mass is 10.0. The Hall–Kier alpha value is -1.63. The highest BCUT2D eigenvalue weighted by Gasteiger charge is 2.24. The number of rotatable bonds is 5. The Morgan fingerprint density at radius 2 is 1.95 bits per heavy atom. The Bertz CT molecular complexity index is 562. The Balaban J connectivity index is 1.76. The third-order valence-electron chi connectivity index (χ3n) is 3.67. The summed E-state index contributed by atoms with van der Waals surface area (Å²) in [5, 5.41) is 2.91. The monoisotopic (exact) mass is 370 g/mol. The van der Waals surface area contributed by atoms with Gasteiger partial charge in [0.15, 0.2) is 10.4 Å². The molecule has 1 aliphatic heterocycles. The zero-order chi connectivity index (χ0) is 16.1. The summed E-state index contributed by atoms with van der Waals surface area (Å²) in [5.41, 5.74) is 0. The van der Waals surface area contributed by atoms with Gasteiger partial charge in [0.05, 0.1) is 0 Å².